The molecule has 0 aliphatic rings. The summed E-state index contributed by atoms with van der Waals surface area (Å²) in [6, 6.07) is 10.9. The average Bonchev–Trinajstić information content (AvgIpc) is 2.97. The standard InChI is InChI=1S/C15H12N4O3/c20-11-4-1-9(2-5-11)18-14(21)15(22)19-10-3-6-12-13(7-10)17-8-16-12/h1-8,20H,(H,16,17)(H,18,21)(H,19,22). The van der Waals surface area contributed by atoms with E-state index in [0.717, 1.165) is 11.0 Å². The van der Waals surface area contributed by atoms with Crippen molar-refractivity contribution in [3.05, 3.63) is 48.8 Å². The summed E-state index contributed by atoms with van der Waals surface area (Å²) in [4.78, 5) is 30.7. The highest BCUT2D eigenvalue weighted by Gasteiger charge is 2.14. The predicted molar refractivity (Wildman–Crippen MR) is 81.5 cm³/mol. The second kappa shape index (κ2) is 5.57. The Balaban J connectivity index is 1.67. The molecule has 0 radical (unpaired) electrons. The van der Waals surface area contributed by atoms with E-state index in [0.29, 0.717) is 11.4 Å². The first-order valence-corrected chi connectivity index (χ1v) is 6.46. The molecule has 2 amide bonds. The van der Waals surface area contributed by atoms with Crippen LogP contribution in [0.4, 0.5) is 11.4 Å². The van der Waals surface area contributed by atoms with Crippen LogP contribution in [0, 0.1) is 0 Å². The summed E-state index contributed by atoms with van der Waals surface area (Å²) in [6.45, 7) is 0. The molecule has 0 spiro atoms. The quantitative estimate of drug-likeness (QED) is 0.427. The number of H-pyrrole nitrogens is 1. The Bertz CT molecular complexity index is 839. The maximum absolute atomic E-state index is 11.9. The van der Waals surface area contributed by atoms with Gasteiger partial charge in [-0.05, 0) is 42.5 Å². The van der Waals surface area contributed by atoms with Crippen LogP contribution < -0.4 is 10.6 Å². The number of carbonyl (C=O) groups excluding carboxylic acids is 2. The Labute approximate surface area is 125 Å². The average molecular weight is 296 g/mol. The van der Waals surface area contributed by atoms with Crippen molar-refractivity contribution in [2.45, 2.75) is 0 Å². The monoisotopic (exact) mass is 296 g/mol. The Hall–Kier alpha value is -3.35. The van der Waals surface area contributed by atoms with E-state index in [1.165, 1.54) is 24.3 Å². The zero-order chi connectivity index (χ0) is 15.5. The summed E-state index contributed by atoms with van der Waals surface area (Å²) in [5.74, 6) is -1.50. The lowest BCUT2D eigenvalue weighted by Crippen LogP contribution is -2.29. The highest BCUT2D eigenvalue weighted by atomic mass is 16.3. The van der Waals surface area contributed by atoms with Gasteiger partial charge >= 0.3 is 11.8 Å². The van der Waals surface area contributed by atoms with Crippen molar-refractivity contribution >= 4 is 34.2 Å². The first-order chi connectivity index (χ1) is 10.6. The minimum absolute atomic E-state index is 0.0790. The molecule has 110 valence electrons. The second-order valence-electron chi connectivity index (χ2n) is 4.59. The molecule has 0 aliphatic heterocycles. The summed E-state index contributed by atoms with van der Waals surface area (Å²) in [6.07, 6.45) is 1.55. The number of nitrogens with one attached hydrogen (secondary N) is 3. The van der Waals surface area contributed by atoms with Gasteiger partial charge in [-0.25, -0.2) is 4.98 Å². The highest BCUT2D eigenvalue weighted by molar-refractivity contribution is 6.43. The summed E-state index contributed by atoms with van der Waals surface area (Å²) < 4.78 is 0. The predicted octanol–water partition coefficient (Wildman–Crippen LogP) is 1.85. The number of nitrogens with zero attached hydrogens (tertiary/aromatic N) is 1. The number of rotatable bonds is 2. The Kier molecular flexibility index (Phi) is 3.45. The van der Waals surface area contributed by atoms with Crippen LogP contribution >= 0.6 is 0 Å². The SMILES string of the molecule is O=C(Nc1ccc(O)cc1)C(=O)Nc1ccc2nc[nH]c2c1. The number of aromatic amines is 1. The molecular formula is C15H12N4O3. The van der Waals surface area contributed by atoms with Gasteiger partial charge in [0, 0.05) is 11.4 Å². The number of amides is 2. The molecule has 0 fully saturated rings. The Morgan fingerprint density at radius 1 is 0.955 bits per heavy atom. The molecule has 2 aromatic carbocycles. The lowest BCUT2D eigenvalue weighted by molar-refractivity contribution is -0.132. The van der Waals surface area contributed by atoms with Gasteiger partial charge in [0.05, 0.1) is 17.4 Å². The summed E-state index contributed by atoms with van der Waals surface area (Å²) in [5, 5.41) is 14.1. The Morgan fingerprint density at radius 2 is 1.59 bits per heavy atom. The van der Waals surface area contributed by atoms with Crippen LogP contribution in [-0.2, 0) is 9.59 Å². The number of fused-ring (bicyclic) bond motifs is 1. The topological polar surface area (TPSA) is 107 Å². The van der Waals surface area contributed by atoms with Crippen molar-refractivity contribution in [2.24, 2.45) is 0 Å². The number of imidazole rings is 1. The number of anilines is 2. The molecule has 0 saturated carbocycles. The number of phenolic OH excluding ortho intramolecular Hbond substituents is 1. The van der Waals surface area contributed by atoms with Crippen LogP contribution in [0.3, 0.4) is 0 Å². The van der Waals surface area contributed by atoms with Gasteiger partial charge in [-0.15, -0.1) is 0 Å². The van der Waals surface area contributed by atoms with Crippen LogP contribution in [0.5, 0.6) is 5.75 Å². The van der Waals surface area contributed by atoms with Gasteiger partial charge in [0.1, 0.15) is 5.75 Å². The maximum Gasteiger partial charge on any atom is 0.314 e. The molecule has 0 aliphatic carbocycles. The van der Waals surface area contributed by atoms with E-state index < -0.39 is 11.8 Å². The molecule has 22 heavy (non-hydrogen) atoms. The molecule has 0 atom stereocenters. The van der Waals surface area contributed by atoms with Gasteiger partial charge in [0.2, 0.25) is 0 Å². The fourth-order valence-electron chi connectivity index (χ4n) is 1.93. The number of hydrogen-bond donors (Lipinski definition) is 4. The number of hydrogen-bond acceptors (Lipinski definition) is 4. The largest absolute Gasteiger partial charge is 0.508 e. The molecule has 3 aromatic rings. The van der Waals surface area contributed by atoms with Gasteiger partial charge in [-0.1, -0.05) is 0 Å². The van der Waals surface area contributed by atoms with Crippen molar-refractivity contribution in [1.82, 2.24) is 9.97 Å². The number of phenols is 1. The van der Waals surface area contributed by atoms with Crippen LogP contribution in [-0.4, -0.2) is 26.9 Å². The molecule has 0 saturated heterocycles. The lowest BCUT2D eigenvalue weighted by Gasteiger charge is -2.06. The molecule has 4 N–H and O–H groups in total. The van der Waals surface area contributed by atoms with E-state index in [4.69, 9.17) is 5.11 Å². The lowest BCUT2D eigenvalue weighted by atomic mass is 10.2. The summed E-state index contributed by atoms with van der Waals surface area (Å²) in [7, 11) is 0. The highest BCUT2D eigenvalue weighted by Crippen LogP contribution is 2.16. The van der Waals surface area contributed by atoms with E-state index in [2.05, 4.69) is 20.6 Å². The van der Waals surface area contributed by atoms with E-state index >= 15 is 0 Å². The maximum atomic E-state index is 11.9. The molecule has 0 unspecified atom stereocenters. The number of carbonyl (C=O) groups is 2. The van der Waals surface area contributed by atoms with Gasteiger partial charge in [0.25, 0.3) is 0 Å². The molecule has 0 bridgehead atoms. The smallest absolute Gasteiger partial charge is 0.314 e. The van der Waals surface area contributed by atoms with Gasteiger partial charge in [0.15, 0.2) is 0 Å². The van der Waals surface area contributed by atoms with Gasteiger partial charge in [-0.2, -0.15) is 0 Å². The van der Waals surface area contributed by atoms with Crippen LogP contribution in [0.15, 0.2) is 48.8 Å². The molecule has 3 rings (SSSR count). The van der Waals surface area contributed by atoms with Crippen molar-refractivity contribution in [2.75, 3.05) is 10.6 Å². The van der Waals surface area contributed by atoms with Crippen molar-refractivity contribution in [3.63, 3.8) is 0 Å². The third-order valence-corrected chi connectivity index (χ3v) is 3.01. The van der Waals surface area contributed by atoms with Crippen LogP contribution in [0.1, 0.15) is 0 Å². The molecule has 7 heteroatoms. The van der Waals surface area contributed by atoms with Crippen molar-refractivity contribution in [1.29, 1.82) is 0 Å². The minimum Gasteiger partial charge on any atom is -0.508 e. The third kappa shape index (κ3) is 2.88. The van der Waals surface area contributed by atoms with Crippen molar-refractivity contribution in [3.8, 4) is 5.75 Å². The fourth-order valence-corrected chi connectivity index (χ4v) is 1.93. The molecular weight excluding hydrogens is 284 g/mol. The van der Waals surface area contributed by atoms with Crippen LogP contribution in [0.25, 0.3) is 11.0 Å². The number of benzene rings is 2. The normalized spacial score (nSPS) is 10.4. The summed E-state index contributed by atoms with van der Waals surface area (Å²) >= 11 is 0. The van der Waals surface area contributed by atoms with E-state index in [-0.39, 0.29) is 5.75 Å². The van der Waals surface area contributed by atoms with E-state index in [1.54, 1.807) is 24.5 Å². The van der Waals surface area contributed by atoms with Crippen molar-refractivity contribution < 1.29 is 14.7 Å². The second-order valence-corrected chi connectivity index (χ2v) is 4.59. The first-order valence-electron chi connectivity index (χ1n) is 6.46. The zero-order valence-corrected chi connectivity index (χ0v) is 11.3. The minimum atomic E-state index is -0.796. The number of aromatic nitrogens is 2. The van der Waals surface area contributed by atoms with Gasteiger partial charge in [-0.3, -0.25) is 9.59 Å². The molecule has 1 aromatic heterocycles. The number of aromatic hydroxyl groups is 1. The van der Waals surface area contributed by atoms with Gasteiger partial charge < -0.3 is 20.7 Å². The van der Waals surface area contributed by atoms with E-state index in [1.807, 2.05) is 0 Å². The molecule has 1 heterocycles. The molecule has 7 nitrogen and oxygen atoms in total. The Morgan fingerprint density at radius 3 is 2.32 bits per heavy atom. The van der Waals surface area contributed by atoms with Crippen LogP contribution in [0.2, 0.25) is 0 Å². The van der Waals surface area contributed by atoms with E-state index in [9.17, 15) is 9.59 Å². The zero-order valence-electron chi connectivity index (χ0n) is 11.3. The third-order valence-electron chi connectivity index (χ3n) is 3.01. The first kappa shape index (κ1) is 13.6. The fraction of sp³-hybridized carbons (Fsp3) is 0. The summed E-state index contributed by atoms with van der Waals surface area (Å²) in [5.41, 5.74) is 2.44.